The van der Waals surface area contributed by atoms with E-state index in [1.165, 1.54) is 6.07 Å². The molecule has 0 radical (unpaired) electrons. The molecule has 0 bridgehead atoms. The summed E-state index contributed by atoms with van der Waals surface area (Å²) in [6.45, 7) is 9.18. The highest BCUT2D eigenvalue weighted by Crippen LogP contribution is 2.71. The van der Waals surface area contributed by atoms with Crippen LogP contribution in [0.5, 0.6) is 0 Å². The van der Waals surface area contributed by atoms with Gasteiger partial charge in [-0.05, 0) is 92.6 Å². The summed E-state index contributed by atoms with van der Waals surface area (Å²) in [5, 5.41) is 30.7. The highest BCUT2D eigenvalue weighted by molar-refractivity contribution is 5.74. The van der Waals surface area contributed by atoms with Gasteiger partial charge in [0, 0.05) is 43.7 Å². The lowest BCUT2D eigenvalue weighted by Gasteiger charge is -2.66. The number of nitrogens with one attached hydrogen (secondary N) is 2. The molecule has 4 aliphatic carbocycles. The molecule has 1 aromatic rings. The van der Waals surface area contributed by atoms with E-state index in [9.17, 15) is 19.8 Å². The molecule has 2 amide bonds. The summed E-state index contributed by atoms with van der Waals surface area (Å²) < 4.78 is 10.6. The molecule has 9 nitrogen and oxygen atoms in total. The van der Waals surface area contributed by atoms with E-state index in [-0.39, 0.29) is 46.3 Å². The van der Waals surface area contributed by atoms with Gasteiger partial charge < -0.3 is 30.0 Å². The number of morpholine rings is 1. The summed E-state index contributed by atoms with van der Waals surface area (Å²) >= 11 is 0. The predicted molar refractivity (Wildman–Crippen MR) is 150 cm³/mol. The van der Waals surface area contributed by atoms with Gasteiger partial charge >= 0.3 is 11.7 Å². The summed E-state index contributed by atoms with van der Waals surface area (Å²) in [6, 6.07) is 3.14. The van der Waals surface area contributed by atoms with E-state index in [0.29, 0.717) is 19.4 Å². The summed E-state index contributed by atoms with van der Waals surface area (Å²) in [5.74, 6) is 0.517. The third-order valence-electron chi connectivity index (χ3n) is 12.3. The van der Waals surface area contributed by atoms with E-state index in [2.05, 4.69) is 29.4 Å². The fraction of sp³-hybridized carbons (Fsp3) is 0.806. The number of ether oxygens (including phenoxy) is 1. The molecule has 6 rings (SSSR count). The third kappa shape index (κ3) is 4.52. The van der Waals surface area contributed by atoms with E-state index in [1.807, 2.05) is 6.07 Å². The van der Waals surface area contributed by atoms with Gasteiger partial charge in [0.1, 0.15) is 0 Å². The van der Waals surface area contributed by atoms with Crippen molar-refractivity contribution in [1.82, 2.24) is 15.5 Å². The molecule has 4 N–H and O–H groups in total. The second-order valence-corrected chi connectivity index (χ2v) is 13.9. The number of carbonyl (C=O) groups excluding carboxylic acids is 1. The van der Waals surface area contributed by atoms with Crippen molar-refractivity contribution in [2.24, 2.45) is 22.7 Å². The SMILES string of the molecule is C[C@]12CC[C@H](NC(=O)NCCN3CCOCC3)C[C@@]1(O)CC[C@@H]1[C@@H]2CC[C@]2(C)[C@@H](c3ccc(=O)oc3)CC[C@]12O. The number of fused-ring (bicyclic) bond motifs is 5. The highest BCUT2D eigenvalue weighted by atomic mass is 16.5. The van der Waals surface area contributed by atoms with Crippen LogP contribution in [0.2, 0.25) is 0 Å². The first-order chi connectivity index (χ1) is 19.1. The summed E-state index contributed by atoms with van der Waals surface area (Å²) in [4.78, 5) is 26.6. The van der Waals surface area contributed by atoms with Crippen LogP contribution in [0.15, 0.2) is 27.6 Å². The van der Waals surface area contributed by atoms with Crippen LogP contribution in [0.4, 0.5) is 4.79 Å². The minimum Gasteiger partial charge on any atom is -0.431 e. The second kappa shape index (κ2) is 10.4. The van der Waals surface area contributed by atoms with Crippen LogP contribution in [-0.2, 0) is 4.74 Å². The third-order valence-corrected chi connectivity index (χ3v) is 12.3. The van der Waals surface area contributed by atoms with E-state index in [4.69, 9.17) is 9.15 Å². The maximum atomic E-state index is 12.7. The van der Waals surface area contributed by atoms with E-state index >= 15 is 0 Å². The minimum atomic E-state index is -0.858. The molecule has 40 heavy (non-hydrogen) atoms. The van der Waals surface area contributed by atoms with Crippen molar-refractivity contribution in [2.75, 3.05) is 39.4 Å². The second-order valence-electron chi connectivity index (χ2n) is 13.9. The van der Waals surface area contributed by atoms with Crippen LogP contribution in [0.25, 0.3) is 0 Å². The molecule has 2 heterocycles. The number of urea groups is 1. The monoisotopic (exact) mass is 557 g/mol. The van der Waals surface area contributed by atoms with Crippen LogP contribution < -0.4 is 16.3 Å². The Bertz CT molecular complexity index is 1130. The zero-order valence-electron chi connectivity index (χ0n) is 24.1. The van der Waals surface area contributed by atoms with Crippen molar-refractivity contribution < 1.29 is 24.2 Å². The topological polar surface area (TPSA) is 124 Å². The molecule has 1 aliphatic heterocycles. The lowest BCUT2D eigenvalue weighted by atomic mass is 9.42. The summed E-state index contributed by atoms with van der Waals surface area (Å²) in [6.07, 6.45) is 8.71. The molecule has 1 aromatic heterocycles. The van der Waals surface area contributed by atoms with Gasteiger partial charge in [-0.15, -0.1) is 0 Å². The van der Waals surface area contributed by atoms with Crippen molar-refractivity contribution in [3.63, 3.8) is 0 Å². The van der Waals surface area contributed by atoms with Gasteiger partial charge in [0.2, 0.25) is 0 Å². The van der Waals surface area contributed by atoms with Crippen molar-refractivity contribution in [3.05, 3.63) is 34.4 Å². The molecule has 9 heteroatoms. The highest BCUT2D eigenvalue weighted by Gasteiger charge is 2.69. The Balaban J connectivity index is 1.11. The Morgan fingerprint density at radius 1 is 1.00 bits per heavy atom. The Labute approximate surface area is 237 Å². The molecular formula is C31H47N3O6. The quantitative estimate of drug-likeness (QED) is 0.439. The average molecular weight is 558 g/mol. The van der Waals surface area contributed by atoms with Crippen LogP contribution >= 0.6 is 0 Å². The lowest BCUT2D eigenvalue weighted by Crippen LogP contribution is -2.68. The van der Waals surface area contributed by atoms with E-state index < -0.39 is 11.2 Å². The molecule has 0 aromatic carbocycles. The van der Waals surface area contributed by atoms with Crippen LogP contribution in [0, 0.1) is 22.7 Å². The van der Waals surface area contributed by atoms with Gasteiger partial charge in [-0.2, -0.15) is 0 Å². The number of hydrogen-bond donors (Lipinski definition) is 4. The van der Waals surface area contributed by atoms with Crippen LogP contribution in [0.3, 0.4) is 0 Å². The number of amides is 2. The van der Waals surface area contributed by atoms with Crippen molar-refractivity contribution in [3.8, 4) is 0 Å². The maximum Gasteiger partial charge on any atom is 0.335 e. The average Bonchev–Trinajstić information content (AvgIpc) is 3.21. The molecule has 5 fully saturated rings. The number of rotatable bonds is 5. The van der Waals surface area contributed by atoms with Crippen molar-refractivity contribution in [2.45, 2.75) is 94.8 Å². The Kier molecular flexibility index (Phi) is 7.33. The molecule has 4 saturated carbocycles. The Morgan fingerprint density at radius 2 is 1.75 bits per heavy atom. The van der Waals surface area contributed by atoms with E-state index in [1.54, 1.807) is 6.26 Å². The first-order valence-corrected chi connectivity index (χ1v) is 15.5. The van der Waals surface area contributed by atoms with Crippen molar-refractivity contribution >= 4 is 6.03 Å². The molecule has 222 valence electrons. The van der Waals surface area contributed by atoms with Gasteiger partial charge in [0.15, 0.2) is 0 Å². The van der Waals surface area contributed by atoms with Gasteiger partial charge in [-0.1, -0.05) is 13.8 Å². The Morgan fingerprint density at radius 3 is 2.50 bits per heavy atom. The molecule has 0 unspecified atom stereocenters. The molecular weight excluding hydrogens is 510 g/mol. The molecule has 5 aliphatic rings. The first kappa shape index (κ1) is 28.2. The lowest BCUT2D eigenvalue weighted by molar-refractivity contribution is -0.247. The van der Waals surface area contributed by atoms with Crippen molar-refractivity contribution in [1.29, 1.82) is 0 Å². The molecule has 0 spiro atoms. The van der Waals surface area contributed by atoms with Gasteiger partial charge in [0.05, 0.1) is 30.7 Å². The standard InChI is InChI=1S/C31H47N3O6/c1-28-9-5-22(33-27(36)32-13-14-34-15-17-39-18-16-34)19-30(28,37)11-7-25-24(28)6-10-29(2)23(8-12-31(25,29)38)21-3-4-26(35)40-20-21/h3-4,20,22-25,37-38H,5-19H2,1-2H3,(H2,32,33,36)/t22-,23+,24-,25+,28+,29+,30-,31-/m0/s1. The zero-order valence-corrected chi connectivity index (χ0v) is 24.1. The fourth-order valence-electron chi connectivity index (χ4n) is 9.84. The van der Waals surface area contributed by atoms with Crippen LogP contribution in [0.1, 0.15) is 83.1 Å². The number of nitrogens with zero attached hydrogens (tertiary/aromatic N) is 1. The minimum absolute atomic E-state index is 0.0569. The maximum absolute atomic E-state index is 12.7. The number of carbonyl (C=O) groups is 1. The van der Waals surface area contributed by atoms with Gasteiger partial charge in [-0.3, -0.25) is 4.90 Å². The van der Waals surface area contributed by atoms with Crippen LogP contribution in [-0.4, -0.2) is 77.8 Å². The Hall–Kier alpha value is -1.94. The van der Waals surface area contributed by atoms with Gasteiger partial charge in [-0.25, -0.2) is 9.59 Å². The van der Waals surface area contributed by atoms with Gasteiger partial charge in [0.25, 0.3) is 0 Å². The summed E-state index contributed by atoms with van der Waals surface area (Å²) in [7, 11) is 0. The largest absolute Gasteiger partial charge is 0.431 e. The first-order valence-electron chi connectivity index (χ1n) is 15.5. The zero-order chi connectivity index (χ0) is 28.2. The molecule has 8 atom stereocenters. The fourth-order valence-corrected chi connectivity index (χ4v) is 9.84. The summed E-state index contributed by atoms with van der Waals surface area (Å²) in [5.41, 5.74) is -1.60. The normalized spacial score (nSPS) is 43.3. The smallest absolute Gasteiger partial charge is 0.335 e. The number of aliphatic hydroxyl groups is 2. The predicted octanol–water partition coefficient (Wildman–Crippen LogP) is 3.00. The number of hydrogen-bond acceptors (Lipinski definition) is 7. The van der Waals surface area contributed by atoms with E-state index in [0.717, 1.165) is 83.4 Å². The molecule has 1 saturated heterocycles.